The predicted molar refractivity (Wildman–Crippen MR) is 78.5 cm³/mol. The van der Waals surface area contributed by atoms with Crippen molar-refractivity contribution in [1.29, 1.82) is 0 Å². The van der Waals surface area contributed by atoms with Crippen LogP contribution in [0.4, 0.5) is 5.82 Å². The van der Waals surface area contributed by atoms with Crippen molar-refractivity contribution in [1.82, 2.24) is 15.1 Å². The van der Waals surface area contributed by atoms with E-state index in [-0.39, 0.29) is 5.91 Å². The van der Waals surface area contributed by atoms with E-state index < -0.39 is 0 Å². The highest BCUT2D eigenvalue weighted by molar-refractivity contribution is 5.91. The number of nitrogens with zero attached hydrogens (tertiary/aromatic N) is 3. The molecule has 0 aliphatic heterocycles. The molecule has 0 radical (unpaired) electrons. The third kappa shape index (κ3) is 3.90. The Labute approximate surface area is 119 Å². The molecular formula is C14H23N5O. The summed E-state index contributed by atoms with van der Waals surface area (Å²) in [5, 5.41) is 11.3. The molecule has 0 bridgehead atoms. The van der Waals surface area contributed by atoms with Gasteiger partial charge in [-0.25, -0.2) is 0 Å². The van der Waals surface area contributed by atoms with Crippen LogP contribution in [0.2, 0.25) is 0 Å². The molecular weight excluding hydrogens is 254 g/mol. The molecule has 0 saturated heterocycles. The number of nitrogens with two attached hydrogens (primary N) is 1. The number of aromatic nitrogens is 2. The predicted octanol–water partition coefficient (Wildman–Crippen LogP) is 1.11. The monoisotopic (exact) mass is 277 g/mol. The Hall–Kier alpha value is -1.69. The van der Waals surface area contributed by atoms with Crippen LogP contribution in [-0.4, -0.2) is 47.7 Å². The average Bonchev–Trinajstić information content (AvgIpc) is 2.46. The first-order valence-electron chi connectivity index (χ1n) is 7.11. The van der Waals surface area contributed by atoms with Crippen molar-refractivity contribution in [3.63, 3.8) is 0 Å². The summed E-state index contributed by atoms with van der Waals surface area (Å²) in [7, 11) is 3.40. The number of hydrogen-bond donors (Lipinski definition) is 2. The van der Waals surface area contributed by atoms with E-state index in [1.54, 1.807) is 26.2 Å². The standard InChI is InChI=1S/C14H23N5O/c1-19(2)14(20)12-7-8-13(18-17-12)16-9-10-3-5-11(15)6-4-10/h7-8,10-11H,3-6,9,15H2,1-2H3,(H,16,18). The molecule has 1 aliphatic carbocycles. The van der Waals surface area contributed by atoms with Crippen LogP contribution in [0.15, 0.2) is 12.1 Å². The van der Waals surface area contributed by atoms with Crippen LogP contribution in [0.1, 0.15) is 36.2 Å². The molecule has 6 heteroatoms. The van der Waals surface area contributed by atoms with Gasteiger partial charge in [-0.2, -0.15) is 0 Å². The zero-order valence-corrected chi connectivity index (χ0v) is 12.2. The van der Waals surface area contributed by atoms with E-state index >= 15 is 0 Å². The van der Waals surface area contributed by atoms with E-state index in [9.17, 15) is 4.79 Å². The van der Waals surface area contributed by atoms with Gasteiger partial charge in [-0.05, 0) is 43.7 Å². The van der Waals surface area contributed by atoms with Gasteiger partial charge in [0.1, 0.15) is 5.82 Å². The minimum Gasteiger partial charge on any atom is -0.368 e. The minimum absolute atomic E-state index is 0.134. The zero-order valence-electron chi connectivity index (χ0n) is 12.2. The molecule has 3 N–H and O–H groups in total. The lowest BCUT2D eigenvalue weighted by molar-refractivity contribution is 0.0821. The van der Waals surface area contributed by atoms with Gasteiger partial charge in [-0.3, -0.25) is 4.79 Å². The fourth-order valence-electron chi connectivity index (χ4n) is 2.41. The highest BCUT2D eigenvalue weighted by Gasteiger charge is 2.18. The molecule has 0 aromatic carbocycles. The second-order valence-electron chi connectivity index (χ2n) is 5.67. The molecule has 2 rings (SSSR count). The van der Waals surface area contributed by atoms with E-state index in [1.807, 2.05) is 0 Å². The highest BCUT2D eigenvalue weighted by atomic mass is 16.2. The Bertz CT molecular complexity index is 437. The largest absolute Gasteiger partial charge is 0.368 e. The second-order valence-corrected chi connectivity index (χ2v) is 5.67. The Morgan fingerprint density at radius 3 is 2.55 bits per heavy atom. The first-order valence-corrected chi connectivity index (χ1v) is 7.11. The lowest BCUT2D eigenvalue weighted by atomic mass is 9.86. The Balaban J connectivity index is 1.83. The van der Waals surface area contributed by atoms with E-state index in [0.717, 1.165) is 25.2 Å². The fourth-order valence-corrected chi connectivity index (χ4v) is 2.41. The SMILES string of the molecule is CN(C)C(=O)c1ccc(NCC2CCC(N)CC2)nn1. The summed E-state index contributed by atoms with van der Waals surface area (Å²) in [5.41, 5.74) is 6.26. The van der Waals surface area contributed by atoms with E-state index in [4.69, 9.17) is 5.73 Å². The number of carbonyl (C=O) groups is 1. The van der Waals surface area contributed by atoms with Crippen LogP contribution < -0.4 is 11.1 Å². The average molecular weight is 277 g/mol. The lowest BCUT2D eigenvalue weighted by Crippen LogP contribution is -2.29. The number of hydrogen-bond acceptors (Lipinski definition) is 5. The molecule has 6 nitrogen and oxygen atoms in total. The Morgan fingerprint density at radius 1 is 1.30 bits per heavy atom. The number of amides is 1. The quantitative estimate of drug-likeness (QED) is 0.861. The van der Waals surface area contributed by atoms with Crippen molar-refractivity contribution in [2.24, 2.45) is 11.7 Å². The van der Waals surface area contributed by atoms with Gasteiger partial charge < -0.3 is 16.0 Å². The van der Waals surface area contributed by atoms with Crippen LogP contribution in [-0.2, 0) is 0 Å². The number of nitrogens with one attached hydrogen (secondary N) is 1. The van der Waals surface area contributed by atoms with Crippen molar-refractivity contribution in [2.45, 2.75) is 31.7 Å². The maximum absolute atomic E-state index is 11.7. The first-order chi connectivity index (χ1) is 9.56. The molecule has 1 aliphatic rings. The summed E-state index contributed by atoms with van der Waals surface area (Å²) in [5.74, 6) is 1.24. The lowest BCUT2D eigenvalue weighted by Gasteiger charge is -2.26. The fraction of sp³-hybridized carbons (Fsp3) is 0.643. The zero-order chi connectivity index (χ0) is 14.5. The molecule has 0 unspecified atom stereocenters. The molecule has 1 fully saturated rings. The second kappa shape index (κ2) is 6.65. The summed E-state index contributed by atoms with van der Waals surface area (Å²) >= 11 is 0. The highest BCUT2D eigenvalue weighted by Crippen LogP contribution is 2.23. The molecule has 1 saturated carbocycles. The van der Waals surface area contributed by atoms with Crippen molar-refractivity contribution < 1.29 is 4.79 Å². The number of carbonyl (C=O) groups excluding carboxylic acids is 1. The Kier molecular flexibility index (Phi) is 4.89. The van der Waals surface area contributed by atoms with Gasteiger partial charge in [0.05, 0.1) is 0 Å². The van der Waals surface area contributed by atoms with Crippen LogP contribution in [0.3, 0.4) is 0 Å². The van der Waals surface area contributed by atoms with Crippen molar-refractivity contribution in [3.8, 4) is 0 Å². The van der Waals surface area contributed by atoms with Gasteiger partial charge >= 0.3 is 0 Å². The van der Waals surface area contributed by atoms with E-state index in [0.29, 0.717) is 17.7 Å². The van der Waals surface area contributed by atoms with E-state index in [1.165, 1.54) is 17.7 Å². The van der Waals surface area contributed by atoms with Crippen LogP contribution in [0.5, 0.6) is 0 Å². The van der Waals surface area contributed by atoms with Gasteiger partial charge in [0, 0.05) is 26.7 Å². The van der Waals surface area contributed by atoms with Gasteiger partial charge in [-0.15, -0.1) is 10.2 Å². The van der Waals surface area contributed by atoms with Crippen molar-refractivity contribution >= 4 is 11.7 Å². The minimum atomic E-state index is -0.134. The summed E-state index contributed by atoms with van der Waals surface area (Å²) in [4.78, 5) is 13.2. The Morgan fingerprint density at radius 2 is 2.00 bits per heavy atom. The summed E-state index contributed by atoms with van der Waals surface area (Å²) < 4.78 is 0. The molecule has 0 atom stereocenters. The maximum atomic E-state index is 11.7. The molecule has 0 spiro atoms. The molecule has 110 valence electrons. The molecule has 1 aromatic rings. The van der Waals surface area contributed by atoms with Crippen molar-refractivity contribution in [2.75, 3.05) is 26.0 Å². The summed E-state index contributed by atoms with van der Waals surface area (Å²) in [6.07, 6.45) is 4.54. The van der Waals surface area contributed by atoms with E-state index in [2.05, 4.69) is 15.5 Å². The molecule has 1 heterocycles. The van der Waals surface area contributed by atoms with Gasteiger partial charge in [0.25, 0.3) is 5.91 Å². The first kappa shape index (κ1) is 14.7. The number of anilines is 1. The van der Waals surface area contributed by atoms with Gasteiger partial charge in [0.2, 0.25) is 0 Å². The number of rotatable bonds is 4. The normalized spacial score (nSPS) is 22.4. The summed E-state index contributed by atoms with van der Waals surface area (Å²) in [6, 6.07) is 3.88. The molecule has 20 heavy (non-hydrogen) atoms. The smallest absolute Gasteiger partial charge is 0.273 e. The summed E-state index contributed by atoms with van der Waals surface area (Å²) in [6.45, 7) is 0.891. The third-order valence-corrected chi connectivity index (χ3v) is 3.75. The molecule has 1 aromatic heterocycles. The molecule has 1 amide bonds. The third-order valence-electron chi connectivity index (χ3n) is 3.75. The van der Waals surface area contributed by atoms with Crippen LogP contribution in [0.25, 0.3) is 0 Å². The van der Waals surface area contributed by atoms with Crippen molar-refractivity contribution in [3.05, 3.63) is 17.8 Å². The van der Waals surface area contributed by atoms with Crippen LogP contribution in [0, 0.1) is 5.92 Å². The van der Waals surface area contributed by atoms with Crippen LogP contribution >= 0.6 is 0 Å². The topological polar surface area (TPSA) is 84.1 Å². The van der Waals surface area contributed by atoms with Gasteiger partial charge in [-0.1, -0.05) is 0 Å². The maximum Gasteiger partial charge on any atom is 0.273 e. The van der Waals surface area contributed by atoms with Gasteiger partial charge in [0.15, 0.2) is 5.69 Å².